The van der Waals surface area contributed by atoms with Crippen LogP contribution in [0.3, 0.4) is 0 Å². The zero-order valence-corrected chi connectivity index (χ0v) is 24.5. The van der Waals surface area contributed by atoms with Gasteiger partial charge in [-0.2, -0.15) is 0 Å². The maximum absolute atomic E-state index is 13.4. The highest BCUT2D eigenvalue weighted by Gasteiger charge is 2.61. The molecule has 2 aliphatic rings. The van der Waals surface area contributed by atoms with E-state index in [0.717, 1.165) is 6.04 Å². The first-order valence-electron chi connectivity index (χ1n) is 11.8. The number of hydrogen-bond donors (Lipinski definition) is 0. The topological polar surface area (TPSA) is 74.3 Å². The highest BCUT2D eigenvalue weighted by Crippen LogP contribution is 2.46. The van der Waals surface area contributed by atoms with Gasteiger partial charge in [-0.05, 0) is 37.2 Å². The molecule has 2 rings (SSSR count). The molecule has 2 heterocycles. The largest absolute Gasteiger partial charge is 0.500 e. The Labute approximate surface area is 206 Å². The molecule has 10 heteroatoms. The second-order valence-electron chi connectivity index (χ2n) is 11.8. The summed E-state index contributed by atoms with van der Waals surface area (Å²) in [7, 11) is -3.64. The van der Waals surface area contributed by atoms with Gasteiger partial charge in [-0.3, -0.25) is 4.90 Å². The molecule has 0 N–H and O–H groups in total. The van der Waals surface area contributed by atoms with E-state index in [-0.39, 0.29) is 24.7 Å². The van der Waals surface area contributed by atoms with Gasteiger partial charge in [-0.15, -0.1) is 11.6 Å². The normalized spacial score (nSPS) is 28.1. The van der Waals surface area contributed by atoms with Crippen molar-refractivity contribution < 1.29 is 28.2 Å². The molecule has 0 bridgehead atoms. The molecule has 0 aromatic carbocycles. The first-order chi connectivity index (χ1) is 15.0. The minimum absolute atomic E-state index is 0.0508. The summed E-state index contributed by atoms with van der Waals surface area (Å²) in [5, 5.41) is -0.0508. The molecule has 0 saturated carbocycles. The summed E-state index contributed by atoms with van der Waals surface area (Å²) >= 11 is 7.12. The lowest BCUT2D eigenvalue weighted by Gasteiger charge is -2.43. The Hall–Kier alpha value is -1.04. The van der Waals surface area contributed by atoms with E-state index in [1.54, 1.807) is 13.2 Å². The van der Waals surface area contributed by atoms with E-state index in [0.29, 0.717) is 6.61 Å². The second-order valence-corrected chi connectivity index (χ2v) is 22.9. The summed E-state index contributed by atoms with van der Waals surface area (Å²) in [4.78, 5) is 26.8. The molecule has 1 fully saturated rings. The standard InChI is InChI=1S/C23H42ClNO6Si2/c1-10-29-20(26)17-15-23(24)16-28-12-11-18(31-33(8,9)22(2,3)4)19(23)25(17)21(27)30-13-14-32(5,6)7/h11-12,17-19H,10,13-16H2,1-9H3/t17-,18+,19-,23-/m1/s1. The van der Waals surface area contributed by atoms with E-state index in [1.807, 2.05) is 6.08 Å². The Morgan fingerprint density at radius 1 is 1.18 bits per heavy atom. The zero-order chi connectivity index (χ0) is 25.2. The van der Waals surface area contributed by atoms with E-state index in [4.69, 9.17) is 30.2 Å². The highest BCUT2D eigenvalue weighted by molar-refractivity contribution is 6.76. The van der Waals surface area contributed by atoms with Crippen LogP contribution in [-0.2, 0) is 23.4 Å². The Balaban J connectivity index is 2.43. The van der Waals surface area contributed by atoms with Crippen LogP contribution in [0.15, 0.2) is 12.3 Å². The average Bonchev–Trinajstić information content (AvgIpc) is 2.87. The van der Waals surface area contributed by atoms with Gasteiger partial charge in [-0.25, -0.2) is 9.59 Å². The van der Waals surface area contributed by atoms with Crippen molar-refractivity contribution in [2.24, 2.45) is 0 Å². The van der Waals surface area contributed by atoms with E-state index < -0.39 is 51.5 Å². The molecule has 0 aromatic heterocycles. The molecule has 0 spiro atoms. The number of nitrogens with zero attached hydrogens (tertiary/aromatic N) is 1. The van der Waals surface area contributed by atoms with Crippen molar-refractivity contribution >= 4 is 40.1 Å². The molecular weight excluding hydrogens is 478 g/mol. The smallest absolute Gasteiger partial charge is 0.410 e. The minimum Gasteiger partial charge on any atom is -0.500 e. The number of hydrogen-bond acceptors (Lipinski definition) is 6. The lowest BCUT2D eigenvalue weighted by atomic mass is 9.95. The zero-order valence-electron chi connectivity index (χ0n) is 21.7. The third-order valence-corrected chi connectivity index (χ3v) is 13.4. The van der Waals surface area contributed by atoms with Crippen LogP contribution in [0.25, 0.3) is 0 Å². The second kappa shape index (κ2) is 10.3. The van der Waals surface area contributed by atoms with Crippen molar-refractivity contribution in [3.63, 3.8) is 0 Å². The Kier molecular flexibility index (Phi) is 8.80. The Bertz CT molecular complexity index is 748. The number of rotatable bonds is 7. The number of esters is 1. The summed E-state index contributed by atoms with van der Waals surface area (Å²) in [5.41, 5.74) is 0. The molecule has 190 valence electrons. The summed E-state index contributed by atoms with van der Waals surface area (Å²) in [6.07, 6.45) is 2.52. The van der Waals surface area contributed by atoms with Crippen molar-refractivity contribution in [2.75, 3.05) is 19.8 Å². The van der Waals surface area contributed by atoms with Crippen LogP contribution in [0.1, 0.15) is 34.1 Å². The van der Waals surface area contributed by atoms with Gasteiger partial charge in [0.1, 0.15) is 17.5 Å². The van der Waals surface area contributed by atoms with E-state index in [9.17, 15) is 9.59 Å². The predicted octanol–water partition coefficient (Wildman–Crippen LogP) is 5.38. The first-order valence-corrected chi connectivity index (χ1v) is 18.8. The molecule has 7 nitrogen and oxygen atoms in total. The molecule has 0 aliphatic carbocycles. The molecule has 1 amide bonds. The number of carbonyl (C=O) groups is 2. The summed E-state index contributed by atoms with van der Waals surface area (Å²) in [6.45, 7) is 19.8. The molecule has 4 atom stereocenters. The maximum atomic E-state index is 13.4. The summed E-state index contributed by atoms with van der Waals surface area (Å²) < 4.78 is 23.4. The van der Waals surface area contributed by atoms with Crippen LogP contribution < -0.4 is 0 Å². The van der Waals surface area contributed by atoms with Gasteiger partial charge in [-0.1, -0.05) is 40.4 Å². The van der Waals surface area contributed by atoms with Crippen LogP contribution in [0, 0.1) is 0 Å². The fourth-order valence-corrected chi connectivity index (χ4v) is 6.22. The van der Waals surface area contributed by atoms with Crippen LogP contribution in [0.2, 0.25) is 43.8 Å². The van der Waals surface area contributed by atoms with E-state index in [2.05, 4.69) is 53.5 Å². The lowest BCUT2D eigenvalue weighted by molar-refractivity contribution is -0.148. The predicted molar refractivity (Wildman–Crippen MR) is 136 cm³/mol. The third-order valence-electron chi connectivity index (χ3n) is 6.78. The third kappa shape index (κ3) is 6.77. The van der Waals surface area contributed by atoms with Gasteiger partial charge in [0.15, 0.2) is 8.32 Å². The van der Waals surface area contributed by atoms with Gasteiger partial charge >= 0.3 is 12.1 Å². The molecule has 0 radical (unpaired) electrons. The molecule has 2 aliphatic heterocycles. The minimum atomic E-state index is -2.24. The van der Waals surface area contributed by atoms with Crippen LogP contribution in [0.4, 0.5) is 4.79 Å². The van der Waals surface area contributed by atoms with Gasteiger partial charge in [0.2, 0.25) is 0 Å². The summed E-state index contributed by atoms with van der Waals surface area (Å²) in [5.74, 6) is -0.484. The van der Waals surface area contributed by atoms with Crippen molar-refractivity contribution in [3.05, 3.63) is 12.3 Å². The van der Waals surface area contributed by atoms with E-state index in [1.165, 1.54) is 4.90 Å². The van der Waals surface area contributed by atoms with Crippen LogP contribution in [-0.4, -0.2) is 76.2 Å². The Morgan fingerprint density at radius 3 is 2.36 bits per heavy atom. The van der Waals surface area contributed by atoms with Crippen molar-refractivity contribution in [1.82, 2.24) is 4.90 Å². The number of carbonyl (C=O) groups excluding carboxylic acids is 2. The Morgan fingerprint density at radius 2 is 1.82 bits per heavy atom. The van der Waals surface area contributed by atoms with Gasteiger partial charge < -0.3 is 18.6 Å². The van der Waals surface area contributed by atoms with Crippen molar-refractivity contribution in [3.8, 4) is 0 Å². The number of fused-ring (bicyclic) bond motifs is 1. The van der Waals surface area contributed by atoms with Crippen LogP contribution in [0.5, 0.6) is 0 Å². The fourth-order valence-electron chi connectivity index (χ4n) is 3.82. The molecule has 0 aromatic rings. The fraction of sp³-hybridized carbons (Fsp3) is 0.826. The van der Waals surface area contributed by atoms with Gasteiger partial charge in [0.05, 0.1) is 31.6 Å². The number of amides is 1. The number of alkyl halides is 1. The molecule has 0 unspecified atom stereocenters. The first kappa shape index (κ1) is 28.2. The van der Waals surface area contributed by atoms with Crippen LogP contribution >= 0.6 is 11.6 Å². The molecular formula is C23H42ClNO6Si2. The SMILES string of the molecule is CCOC(=O)[C@H]1C[C@@]2(Cl)COC=C[C@H](O[Si](C)(C)C(C)(C)C)[C@H]2N1C(=O)OCC[Si](C)(C)C. The number of ether oxygens (including phenoxy) is 3. The maximum Gasteiger partial charge on any atom is 0.410 e. The lowest BCUT2D eigenvalue weighted by Crippen LogP contribution is -2.57. The quantitative estimate of drug-likeness (QED) is 0.255. The average molecular weight is 520 g/mol. The highest BCUT2D eigenvalue weighted by atomic mass is 35.5. The van der Waals surface area contributed by atoms with Crippen molar-refractivity contribution in [2.45, 2.75) is 101 Å². The van der Waals surface area contributed by atoms with Crippen molar-refractivity contribution in [1.29, 1.82) is 0 Å². The summed E-state index contributed by atoms with van der Waals surface area (Å²) in [6, 6.07) is -0.645. The van der Waals surface area contributed by atoms with Gasteiger partial charge in [0, 0.05) is 14.5 Å². The molecule has 1 saturated heterocycles. The van der Waals surface area contributed by atoms with Gasteiger partial charge in [0.25, 0.3) is 0 Å². The monoisotopic (exact) mass is 519 g/mol. The number of likely N-dealkylation sites (tertiary alicyclic amines) is 1. The number of halogens is 1. The molecule has 33 heavy (non-hydrogen) atoms. The van der Waals surface area contributed by atoms with E-state index >= 15 is 0 Å².